The standard InChI is InChI=1S/C31H70O4Si5/c1-11-12-13-14-15-16-17-24-29-39(10,33-37(5,6)7)35-40(30-25-20-18-21-26-30,31-27-22-19-23-28-31)34-38(8,9)32-36(2,3)4/h30-31H,11-29H2,1-10H3. The molecule has 0 amide bonds. The molecule has 2 aliphatic carbocycles. The largest absolute Gasteiger partial charge is 0.437 e. The first kappa shape index (κ1) is 37.1. The molecule has 2 rings (SSSR count). The second-order valence-electron chi connectivity index (χ2n) is 15.8. The molecular weight excluding hydrogens is 577 g/mol. The molecule has 4 nitrogen and oxygen atoms in total. The van der Waals surface area contributed by atoms with Gasteiger partial charge in [0.15, 0.2) is 16.6 Å². The van der Waals surface area contributed by atoms with Gasteiger partial charge in [0.05, 0.1) is 0 Å². The summed E-state index contributed by atoms with van der Waals surface area (Å²) in [6.45, 7) is 23.5. The maximum Gasteiger partial charge on any atom is 0.327 e. The van der Waals surface area contributed by atoms with E-state index < -0.39 is 42.3 Å². The molecule has 0 aliphatic heterocycles. The Morgan fingerprint density at radius 3 is 1.32 bits per heavy atom. The highest BCUT2D eigenvalue weighted by atomic mass is 28.5. The minimum Gasteiger partial charge on any atom is -0.437 e. The molecule has 0 spiro atoms. The number of rotatable bonds is 19. The van der Waals surface area contributed by atoms with E-state index in [-0.39, 0.29) is 0 Å². The molecule has 0 radical (unpaired) electrons. The molecule has 2 fully saturated rings. The van der Waals surface area contributed by atoms with Gasteiger partial charge < -0.3 is 16.5 Å². The zero-order valence-corrected chi connectivity index (χ0v) is 33.7. The number of hydrogen-bond donors (Lipinski definition) is 0. The predicted molar refractivity (Wildman–Crippen MR) is 187 cm³/mol. The Labute approximate surface area is 256 Å². The first-order valence-corrected chi connectivity index (χ1v) is 31.5. The summed E-state index contributed by atoms with van der Waals surface area (Å²) in [5.74, 6) is 0. The van der Waals surface area contributed by atoms with Crippen molar-refractivity contribution in [3.05, 3.63) is 0 Å². The van der Waals surface area contributed by atoms with Gasteiger partial charge >= 0.3 is 25.7 Å². The van der Waals surface area contributed by atoms with Crippen molar-refractivity contribution >= 4 is 42.3 Å². The smallest absolute Gasteiger partial charge is 0.327 e. The number of hydrogen-bond acceptors (Lipinski definition) is 4. The van der Waals surface area contributed by atoms with E-state index in [2.05, 4.69) is 65.8 Å². The Morgan fingerprint density at radius 1 is 0.475 bits per heavy atom. The van der Waals surface area contributed by atoms with Crippen molar-refractivity contribution in [2.24, 2.45) is 0 Å². The Hall–Kier alpha value is 0.924. The first-order chi connectivity index (χ1) is 18.6. The molecule has 238 valence electrons. The quantitative estimate of drug-likeness (QED) is 0.103. The van der Waals surface area contributed by atoms with Crippen LogP contribution in [0.4, 0.5) is 0 Å². The summed E-state index contributed by atoms with van der Waals surface area (Å²) in [6, 6.07) is 1.13. The van der Waals surface area contributed by atoms with Crippen LogP contribution in [0.25, 0.3) is 0 Å². The highest BCUT2D eigenvalue weighted by Gasteiger charge is 2.59. The molecule has 0 bridgehead atoms. The maximum atomic E-state index is 7.93. The SMILES string of the molecule is CCCCCCCCCC[Si](C)(O[Si](C)(C)C)O[Si](O[Si](C)(C)O[Si](C)(C)C)(C1CCCCC1)C1CCCCC1. The van der Waals surface area contributed by atoms with Gasteiger partial charge in [-0.3, -0.25) is 0 Å². The van der Waals surface area contributed by atoms with E-state index in [1.165, 1.54) is 116 Å². The monoisotopic (exact) mass is 646 g/mol. The van der Waals surface area contributed by atoms with E-state index in [0.717, 1.165) is 6.04 Å². The van der Waals surface area contributed by atoms with Crippen molar-refractivity contribution in [2.45, 2.75) is 199 Å². The fourth-order valence-corrected chi connectivity index (χ4v) is 33.5. The molecule has 1 atom stereocenters. The molecule has 2 saturated carbocycles. The van der Waals surface area contributed by atoms with Crippen molar-refractivity contribution in [2.75, 3.05) is 0 Å². The minimum absolute atomic E-state index is 0.594. The Morgan fingerprint density at radius 2 is 0.900 bits per heavy atom. The van der Waals surface area contributed by atoms with Crippen molar-refractivity contribution in [1.82, 2.24) is 0 Å². The molecule has 1 unspecified atom stereocenters. The maximum absolute atomic E-state index is 7.93. The summed E-state index contributed by atoms with van der Waals surface area (Å²) in [4.78, 5) is 0. The van der Waals surface area contributed by atoms with Gasteiger partial charge in [-0.05, 0) is 90.7 Å². The van der Waals surface area contributed by atoms with Crippen LogP contribution in [0.1, 0.15) is 122 Å². The van der Waals surface area contributed by atoms with E-state index in [0.29, 0.717) is 11.1 Å². The lowest BCUT2D eigenvalue weighted by Crippen LogP contribution is -2.65. The molecule has 2 aliphatic rings. The van der Waals surface area contributed by atoms with Crippen molar-refractivity contribution in [3.8, 4) is 0 Å². The van der Waals surface area contributed by atoms with Gasteiger partial charge in [0.2, 0.25) is 0 Å². The second kappa shape index (κ2) is 16.8. The molecule has 40 heavy (non-hydrogen) atoms. The lowest BCUT2D eigenvalue weighted by Gasteiger charge is -2.53. The van der Waals surface area contributed by atoms with Crippen LogP contribution >= 0.6 is 0 Å². The van der Waals surface area contributed by atoms with Crippen molar-refractivity contribution in [1.29, 1.82) is 0 Å². The van der Waals surface area contributed by atoms with Crippen LogP contribution in [-0.4, -0.2) is 42.3 Å². The molecular formula is C31H70O4Si5. The van der Waals surface area contributed by atoms with Crippen LogP contribution in [0.15, 0.2) is 0 Å². The van der Waals surface area contributed by atoms with Gasteiger partial charge in [0.1, 0.15) is 0 Å². The van der Waals surface area contributed by atoms with E-state index in [1.54, 1.807) is 0 Å². The van der Waals surface area contributed by atoms with Gasteiger partial charge in [0.25, 0.3) is 0 Å². The third kappa shape index (κ3) is 13.7. The molecule has 0 N–H and O–H groups in total. The summed E-state index contributed by atoms with van der Waals surface area (Å²) in [6.07, 6.45) is 24.0. The minimum atomic E-state index is -2.64. The van der Waals surface area contributed by atoms with Crippen LogP contribution in [0.5, 0.6) is 0 Å². The van der Waals surface area contributed by atoms with Gasteiger partial charge in [-0.1, -0.05) is 96.8 Å². The van der Waals surface area contributed by atoms with Crippen molar-refractivity contribution < 1.29 is 16.5 Å². The van der Waals surface area contributed by atoms with Crippen molar-refractivity contribution in [3.63, 3.8) is 0 Å². The summed E-state index contributed by atoms with van der Waals surface area (Å²) in [7, 11) is -11.0. The van der Waals surface area contributed by atoms with Gasteiger partial charge in [-0.15, -0.1) is 0 Å². The lowest BCUT2D eigenvalue weighted by molar-refractivity contribution is 0.234. The van der Waals surface area contributed by atoms with Gasteiger partial charge in [-0.2, -0.15) is 0 Å². The third-order valence-electron chi connectivity index (χ3n) is 8.69. The van der Waals surface area contributed by atoms with Crippen LogP contribution < -0.4 is 0 Å². The van der Waals surface area contributed by atoms with Crippen LogP contribution in [0.2, 0.25) is 76.0 Å². The zero-order chi connectivity index (χ0) is 29.9. The molecule has 9 heteroatoms. The van der Waals surface area contributed by atoms with E-state index in [9.17, 15) is 0 Å². The van der Waals surface area contributed by atoms with Gasteiger partial charge in [0, 0.05) is 11.1 Å². The summed E-state index contributed by atoms with van der Waals surface area (Å²) in [5.41, 5.74) is 1.19. The fraction of sp³-hybridized carbons (Fsp3) is 1.00. The molecule has 0 aromatic heterocycles. The molecule has 0 aromatic carbocycles. The van der Waals surface area contributed by atoms with Crippen LogP contribution in [0, 0.1) is 0 Å². The lowest BCUT2D eigenvalue weighted by atomic mass is 9.99. The Balaban J connectivity index is 2.38. The molecule has 0 heterocycles. The zero-order valence-electron chi connectivity index (χ0n) is 28.7. The van der Waals surface area contributed by atoms with Crippen LogP contribution in [0.3, 0.4) is 0 Å². The summed E-state index contributed by atoms with van der Waals surface area (Å²) in [5, 5.41) is 0. The fourth-order valence-electron chi connectivity index (χ4n) is 7.53. The van der Waals surface area contributed by atoms with E-state index in [1.807, 2.05) is 0 Å². The first-order valence-electron chi connectivity index (χ1n) is 17.4. The average molecular weight is 647 g/mol. The van der Waals surface area contributed by atoms with Gasteiger partial charge in [-0.25, -0.2) is 0 Å². The highest BCUT2D eigenvalue weighted by Crippen LogP contribution is 2.52. The Kier molecular flexibility index (Phi) is 15.6. The predicted octanol–water partition coefficient (Wildman–Crippen LogP) is 11.7. The normalized spacial score (nSPS) is 20.6. The molecule has 0 aromatic rings. The summed E-state index contributed by atoms with van der Waals surface area (Å²) >= 11 is 0. The topological polar surface area (TPSA) is 36.9 Å². The Bertz CT molecular complexity index is 679. The average Bonchev–Trinajstić information content (AvgIpc) is 2.83. The number of unbranched alkanes of at least 4 members (excludes halogenated alkanes) is 7. The van der Waals surface area contributed by atoms with E-state index in [4.69, 9.17) is 16.5 Å². The van der Waals surface area contributed by atoms with E-state index >= 15 is 0 Å². The highest BCUT2D eigenvalue weighted by molar-refractivity contribution is 6.92. The summed E-state index contributed by atoms with van der Waals surface area (Å²) < 4.78 is 29.8. The van der Waals surface area contributed by atoms with Crippen LogP contribution in [-0.2, 0) is 16.5 Å². The second-order valence-corrected chi connectivity index (χ2v) is 36.1. The third-order valence-corrected chi connectivity index (χ3v) is 28.2. The molecule has 0 saturated heterocycles.